The molecule has 0 aromatic carbocycles. The molecule has 0 spiro atoms. The maximum Gasteiger partial charge on any atom is 0.311 e. The van der Waals surface area contributed by atoms with Crippen LogP contribution in [-0.4, -0.2) is 17.6 Å². The minimum Gasteiger partial charge on any atom is -0.466 e. The molecule has 1 heterocycles. The molecule has 0 bridgehead atoms. The summed E-state index contributed by atoms with van der Waals surface area (Å²) < 4.78 is 4.80. The number of nitrogens with zero attached hydrogens (tertiary/aromatic N) is 1. The van der Waals surface area contributed by atoms with Gasteiger partial charge in [-0.25, -0.2) is 0 Å². The van der Waals surface area contributed by atoms with Gasteiger partial charge in [0, 0.05) is 12.7 Å². The fourth-order valence-corrected chi connectivity index (χ4v) is 1.04. The lowest BCUT2D eigenvalue weighted by Gasteiger charge is -2.01. The van der Waals surface area contributed by atoms with Gasteiger partial charge >= 0.3 is 5.97 Å². The van der Waals surface area contributed by atoms with E-state index in [-0.39, 0.29) is 12.4 Å². The number of ether oxygens (including phenoxy) is 1. The van der Waals surface area contributed by atoms with E-state index in [1.54, 1.807) is 19.2 Å². The summed E-state index contributed by atoms with van der Waals surface area (Å²) in [5.41, 5.74) is 7.08. The Hall–Kier alpha value is -1.42. The molecule has 1 aromatic rings. The average molecular weight is 194 g/mol. The van der Waals surface area contributed by atoms with Crippen molar-refractivity contribution in [2.45, 2.75) is 19.9 Å². The fourth-order valence-electron chi connectivity index (χ4n) is 1.04. The molecule has 0 saturated heterocycles. The molecule has 0 aliphatic heterocycles. The number of nitrogens with two attached hydrogens (primary N) is 1. The van der Waals surface area contributed by atoms with Crippen LogP contribution in [0.3, 0.4) is 0 Å². The number of carbonyl (C=O) groups is 1. The van der Waals surface area contributed by atoms with E-state index < -0.39 is 0 Å². The predicted molar refractivity (Wildman–Crippen MR) is 52.5 cm³/mol. The summed E-state index contributed by atoms with van der Waals surface area (Å²) in [5.74, 6) is -0.250. The lowest BCUT2D eigenvalue weighted by atomic mass is 10.2. The topological polar surface area (TPSA) is 65.2 Å². The van der Waals surface area contributed by atoms with Crippen LogP contribution in [0.15, 0.2) is 18.3 Å². The van der Waals surface area contributed by atoms with E-state index in [4.69, 9.17) is 10.5 Å². The third-order valence-corrected chi connectivity index (χ3v) is 1.75. The Morgan fingerprint density at radius 3 is 2.86 bits per heavy atom. The van der Waals surface area contributed by atoms with Gasteiger partial charge in [-0.15, -0.1) is 0 Å². The number of hydrogen-bond acceptors (Lipinski definition) is 4. The SMILES string of the molecule is CCOC(=O)Cc1ccc(CN)cn1. The normalized spacial score (nSPS) is 9.86. The molecule has 0 radical (unpaired) electrons. The van der Waals surface area contributed by atoms with Crippen molar-refractivity contribution in [3.63, 3.8) is 0 Å². The first kappa shape index (κ1) is 10.7. The van der Waals surface area contributed by atoms with Crippen molar-refractivity contribution in [2.75, 3.05) is 6.61 Å². The summed E-state index contributed by atoms with van der Waals surface area (Å²) >= 11 is 0. The van der Waals surface area contributed by atoms with Gasteiger partial charge in [0.05, 0.1) is 18.7 Å². The van der Waals surface area contributed by atoms with Gasteiger partial charge in [-0.3, -0.25) is 9.78 Å². The average Bonchev–Trinajstić information content (AvgIpc) is 2.19. The van der Waals surface area contributed by atoms with Gasteiger partial charge in [0.1, 0.15) is 0 Å². The molecule has 0 aliphatic rings. The zero-order valence-corrected chi connectivity index (χ0v) is 8.19. The number of esters is 1. The first-order valence-corrected chi connectivity index (χ1v) is 4.55. The Morgan fingerprint density at radius 1 is 1.57 bits per heavy atom. The van der Waals surface area contributed by atoms with Gasteiger partial charge in [0.25, 0.3) is 0 Å². The van der Waals surface area contributed by atoms with Crippen LogP contribution in [0.5, 0.6) is 0 Å². The van der Waals surface area contributed by atoms with Crippen molar-refractivity contribution in [1.82, 2.24) is 4.98 Å². The molecule has 2 N–H and O–H groups in total. The van der Waals surface area contributed by atoms with E-state index in [0.717, 1.165) is 5.56 Å². The highest BCUT2D eigenvalue weighted by Crippen LogP contribution is 2.01. The smallest absolute Gasteiger partial charge is 0.311 e. The Balaban J connectivity index is 2.55. The van der Waals surface area contributed by atoms with Crippen molar-refractivity contribution < 1.29 is 9.53 Å². The van der Waals surface area contributed by atoms with Gasteiger partial charge < -0.3 is 10.5 Å². The molecule has 0 unspecified atom stereocenters. The Bertz CT molecular complexity index is 295. The van der Waals surface area contributed by atoms with Crippen molar-refractivity contribution in [3.8, 4) is 0 Å². The van der Waals surface area contributed by atoms with Gasteiger partial charge in [-0.1, -0.05) is 6.07 Å². The van der Waals surface area contributed by atoms with Crippen molar-refractivity contribution in [3.05, 3.63) is 29.6 Å². The van der Waals surface area contributed by atoms with Crippen LogP contribution in [0.2, 0.25) is 0 Å². The summed E-state index contributed by atoms with van der Waals surface area (Å²) in [6, 6.07) is 3.65. The Morgan fingerprint density at radius 2 is 2.36 bits per heavy atom. The van der Waals surface area contributed by atoms with Crippen molar-refractivity contribution >= 4 is 5.97 Å². The first-order chi connectivity index (χ1) is 6.76. The fraction of sp³-hybridized carbons (Fsp3) is 0.400. The zero-order valence-electron chi connectivity index (χ0n) is 8.19. The van der Waals surface area contributed by atoms with E-state index in [0.29, 0.717) is 18.8 Å². The largest absolute Gasteiger partial charge is 0.466 e. The Kier molecular flexibility index (Phi) is 4.07. The quantitative estimate of drug-likeness (QED) is 0.714. The number of pyridine rings is 1. The lowest BCUT2D eigenvalue weighted by molar-refractivity contribution is -0.142. The summed E-state index contributed by atoms with van der Waals surface area (Å²) in [5, 5.41) is 0. The van der Waals surface area contributed by atoms with E-state index in [1.165, 1.54) is 0 Å². The van der Waals surface area contributed by atoms with Crippen LogP contribution in [0.1, 0.15) is 18.2 Å². The molecule has 0 fully saturated rings. The van der Waals surface area contributed by atoms with Gasteiger partial charge in [-0.05, 0) is 18.6 Å². The lowest BCUT2D eigenvalue weighted by Crippen LogP contribution is -2.09. The maximum atomic E-state index is 11.1. The maximum absolute atomic E-state index is 11.1. The van der Waals surface area contributed by atoms with Crippen molar-refractivity contribution in [2.24, 2.45) is 5.73 Å². The van der Waals surface area contributed by atoms with Crippen molar-refractivity contribution in [1.29, 1.82) is 0 Å². The number of carbonyl (C=O) groups excluding carboxylic acids is 1. The summed E-state index contributed by atoms with van der Waals surface area (Å²) in [6.07, 6.45) is 1.90. The third kappa shape index (κ3) is 3.14. The molecule has 1 rings (SSSR count). The molecule has 0 aliphatic carbocycles. The van der Waals surface area contributed by atoms with E-state index in [9.17, 15) is 4.79 Å². The van der Waals surface area contributed by atoms with Crippen LogP contribution in [0, 0.1) is 0 Å². The van der Waals surface area contributed by atoms with Crippen LogP contribution in [-0.2, 0) is 22.5 Å². The second-order valence-corrected chi connectivity index (χ2v) is 2.84. The second kappa shape index (κ2) is 5.34. The minimum absolute atomic E-state index is 0.221. The van der Waals surface area contributed by atoms with Gasteiger partial charge in [0.15, 0.2) is 0 Å². The molecular formula is C10H14N2O2. The summed E-state index contributed by atoms with van der Waals surface area (Å²) in [4.78, 5) is 15.2. The first-order valence-electron chi connectivity index (χ1n) is 4.55. The van der Waals surface area contributed by atoms with E-state index >= 15 is 0 Å². The molecule has 0 atom stereocenters. The zero-order chi connectivity index (χ0) is 10.4. The highest BCUT2D eigenvalue weighted by Gasteiger charge is 2.04. The molecule has 14 heavy (non-hydrogen) atoms. The number of rotatable bonds is 4. The second-order valence-electron chi connectivity index (χ2n) is 2.84. The molecule has 0 amide bonds. The highest BCUT2D eigenvalue weighted by molar-refractivity contribution is 5.71. The molecule has 4 nitrogen and oxygen atoms in total. The predicted octanol–water partition coefficient (Wildman–Crippen LogP) is 0.646. The van der Waals surface area contributed by atoms with Crippen LogP contribution >= 0.6 is 0 Å². The molecule has 0 saturated carbocycles. The van der Waals surface area contributed by atoms with Gasteiger partial charge in [0.2, 0.25) is 0 Å². The molecular weight excluding hydrogens is 180 g/mol. The number of aromatic nitrogens is 1. The molecule has 1 aromatic heterocycles. The standard InChI is InChI=1S/C10H14N2O2/c1-2-14-10(13)5-9-4-3-8(6-11)7-12-9/h3-4,7H,2,5-6,11H2,1H3. The highest BCUT2D eigenvalue weighted by atomic mass is 16.5. The Labute approximate surface area is 83.1 Å². The van der Waals surface area contributed by atoms with Crippen LogP contribution < -0.4 is 5.73 Å². The summed E-state index contributed by atoms with van der Waals surface area (Å²) in [7, 11) is 0. The third-order valence-electron chi connectivity index (χ3n) is 1.75. The monoisotopic (exact) mass is 194 g/mol. The van der Waals surface area contributed by atoms with Crippen LogP contribution in [0.4, 0.5) is 0 Å². The van der Waals surface area contributed by atoms with E-state index in [1.807, 2.05) is 6.07 Å². The van der Waals surface area contributed by atoms with E-state index in [2.05, 4.69) is 4.98 Å². The molecule has 4 heteroatoms. The van der Waals surface area contributed by atoms with Crippen LogP contribution in [0.25, 0.3) is 0 Å². The number of hydrogen-bond donors (Lipinski definition) is 1. The summed E-state index contributed by atoms with van der Waals surface area (Å²) in [6.45, 7) is 2.65. The minimum atomic E-state index is -0.250. The molecule has 76 valence electrons. The van der Waals surface area contributed by atoms with Gasteiger partial charge in [-0.2, -0.15) is 0 Å².